The van der Waals surface area contributed by atoms with Gasteiger partial charge in [-0.1, -0.05) is 92.8 Å². The molecule has 1 unspecified atom stereocenters. The van der Waals surface area contributed by atoms with Crippen LogP contribution in [0.4, 0.5) is 5.82 Å². The number of nitrogens with one attached hydrogen (secondary N) is 2. The average Bonchev–Trinajstić information content (AvgIpc) is 3.82. The van der Waals surface area contributed by atoms with E-state index < -0.39 is 11.9 Å². The largest absolute Gasteiger partial charge is 0.483 e. The first-order chi connectivity index (χ1) is 30.8. The Hall–Kier alpha value is -6.12. The normalized spacial score (nSPS) is 16.7. The van der Waals surface area contributed by atoms with E-state index in [0.717, 1.165) is 111 Å². The Morgan fingerprint density at radius 2 is 1.62 bits per heavy atom. The highest BCUT2D eigenvalue weighted by Crippen LogP contribution is 2.35. The first-order valence-electron chi connectivity index (χ1n) is 22.6. The zero-order chi connectivity index (χ0) is 43.7. The molecule has 4 amide bonds. The number of anilines is 1. The van der Waals surface area contributed by atoms with E-state index >= 15 is 0 Å². The van der Waals surface area contributed by atoms with Crippen LogP contribution in [0.15, 0.2) is 78.9 Å². The average molecular weight is 855 g/mol. The molecule has 2 aromatic heterocycles. The van der Waals surface area contributed by atoms with Crippen LogP contribution in [-0.2, 0) is 27.3 Å². The molecule has 5 aromatic rings. The number of imide groups is 1. The molecule has 3 aromatic carbocycles. The second kappa shape index (κ2) is 20.4. The standard InChI is InChI=1S/C49H58N8O6/c1-34-46(47-51-40(36-16-9-7-10-17-36)31-45(57(47)53-34)55-26-24-54(25-27-55)28-29-58)37-18-12-15-35(30-37)14-8-5-3-2-4-6-11-23-50-44(60)33-63-42-20-13-19-38-39(42)32-56(49(38)62)41-21-22-43(59)52-48(41)61/h7,9-10,12-13,15-20,30-31,41,58H,2-6,8,11,14,21-29,32-33H2,1H3,(H,50,60)(H,52,59,61). The summed E-state index contributed by atoms with van der Waals surface area (Å²) >= 11 is 0. The number of amides is 4. The van der Waals surface area contributed by atoms with Gasteiger partial charge in [0.2, 0.25) is 11.8 Å². The number of rotatable bonds is 19. The Morgan fingerprint density at radius 3 is 2.40 bits per heavy atom. The van der Waals surface area contributed by atoms with Crippen molar-refractivity contribution in [2.45, 2.75) is 83.7 Å². The van der Waals surface area contributed by atoms with Crippen molar-refractivity contribution in [3.05, 3.63) is 101 Å². The molecule has 0 radical (unpaired) electrons. The van der Waals surface area contributed by atoms with Gasteiger partial charge in [-0.3, -0.25) is 29.4 Å². The minimum Gasteiger partial charge on any atom is -0.483 e. The van der Waals surface area contributed by atoms with Crippen LogP contribution in [0.25, 0.3) is 28.0 Å². The van der Waals surface area contributed by atoms with Crippen molar-refractivity contribution < 1.29 is 29.0 Å². The first kappa shape index (κ1) is 43.5. The molecule has 63 heavy (non-hydrogen) atoms. The molecule has 0 spiro atoms. The Balaban J connectivity index is 0.768. The second-order valence-corrected chi connectivity index (χ2v) is 16.9. The molecule has 2 saturated heterocycles. The molecule has 0 bridgehead atoms. The number of aliphatic hydroxyl groups is 1. The lowest BCUT2D eigenvalue weighted by molar-refractivity contribution is -0.137. The SMILES string of the molecule is Cc1nn2c(N3CCN(CCO)CC3)cc(-c3ccccc3)nc2c1-c1cccc(CCCCCCCCCNC(=O)COc2cccc3c2CN(C2CCC(=O)NC2=O)C3=O)c1. The number of β-amino-alcohol motifs (C(OH)–C–C–N with tert-alkyl or cyclic N) is 1. The van der Waals surface area contributed by atoms with E-state index in [4.69, 9.17) is 14.8 Å². The smallest absolute Gasteiger partial charge is 0.257 e. The molecular formula is C49H58N8O6. The van der Waals surface area contributed by atoms with Crippen molar-refractivity contribution in [1.82, 2.24) is 35.0 Å². The van der Waals surface area contributed by atoms with Gasteiger partial charge in [0, 0.05) is 74.0 Å². The molecule has 3 N–H and O–H groups in total. The van der Waals surface area contributed by atoms with E-state index in [1.807, 2.05) is 10.6 Å². The van der Waals surface area contributed by atoms with Crippen molar-refractivity contribution >= 4 is 35.1 Å². The van der Waals surface area contributed by atoms with Gasteiger partial charge in [0.05, 0.1) is 24.5 Å². The van der Waals surface area contributed by atoms with Gasteiger partial charge < -0.3 is 25.0 Å². The van der Waals surface area contributed by atoms with Crippen molar-refractivity contribution in [3.63, 3.8) is 0 Å². The number of piperazine rings is 1. The highest BCUT2D eigenvalue weighted by Gasteiger charge is 2.40. The summed E-state index contributed by atoms with van der Waals surface area (Å²) < 4.78 is 7.87. The minimum atomic E-state index is -0.706. The topological polar surface area (TPSA) is 162 Å². The van der Waals surface area contributed by atoms with Crippen LogP contribution in [0.5, 0.6) is 5.75 Å². The van der Waals surface area contributed by atoms with Crippen molar-refractivity contribution in [2.24, 2.45) is 0 Å². The number of ether oxygens (including phenoxy) is 1. The van der Waals surface area contributed by atoms with Gasteiger partial charge in [0.15, 0.2) is 12.3 Å². The maximum absolute atomic E-state index is 13.1. The van der Waals surface area contributed by atoms with Crippen LogP contribution in [0.2, 0.25) is 0 Å². The van der Waals surface area contributed by atoms with Gasteiger partial charge in [-0.05, 0) is 55.9 Å². The number of fused-ring (bicyclic) bond motifs is 2. The molecule has 330 valence electrons. The molecular weight excluding hydrogens is 797 g/mol. The van der Waals surface area contributed by atoms with Gasteiger partial charge in [0.1, 0.15) is 17.6 Å². The zero-order valence-corrected chi connectivity index (χ0v) is 36.2. The fourth-order valence-electron chi connectivity index (χ4n) is 9.10. The van der Waals surface area contributed by atoms with Crippen molar-refractivity contribution in [3.8, 4) is 28.1 Å². The molecule has 0 saturated carbocycles. The number of carbonyl (C=O) groups excluding carboxylic acids is 4. The molecule has 3 aliphatic rings. The maximum Gasteiger partial charge on any atom is 0.257 e. The molecule has 1 atom stereocenters. The second-order valence-electron chi connectivity index (χ2n) is 16.9. The van der Waals surface area contributed by atoms with Crippen LogP contribution < -0.4 is 20.3 Å². The van der Waals surface area contributed by atoms with E-state index in [1.54, 1.807) is 18.2 Å². The number of benzene rings is 3. The monoisotopic (exact) mass is 854 g/mol. The molecule has 5 heterocycles. The minimum absolute atomic E-state index is 0.164. The Labute approximate surface area is 368 Å². The number of piperidine rings is 1. The molecule has 8 rings (SSSR count). The first-order valence-corrected chi connectivity index (χ1v) is 22.6. The number of carbonyl (C=O) groups is 4. The van der Waals surface area contributed by atoms with Crippen LogP contribution in [0.1, 0.15) is 85.0 Å². The third-order valence-electron chi connectivity index (χ3n) is 12.5. The molecule has 0 aliphatic carbocycles. The number of hydrogen-bond acceptors (Lipinski definition) is 10. The summed E-state index contributed by atoms with van der Waals surface area (Å²) in [5.41, 5.74) is 8.43. The summed E-state index contributed by atoms with van der Waals surface area (Å²) in [6.45, 7) is 7.04. The Morgan fingerprint density at radius 1 is 0.873 bits per heavy atom. The quantitative estimate of drug-likeness (QED) is 0.0693. The summed E-state index contributed by atoms with van der Waals surface area (Å²) in [5.74, 6) is 0.203. The van der Waals surface area contributed by atoms with E-state index in [1.165, 1.54) is 16.9 Å². The van der Waals surface area contributed by atoms with E-state index in [2.05, 4.69) is 82.0 Å². The van der Waals surface area contributed by atoms with E-state index in [0.29, 0.717) is 30.0 Å². The van der Waals surface area contributed by atoms with Gasteiger partial charge in [-0.15, -0.1) is 0 Å². The Kier molecular flexibility index (Phi) is 14.1. The van der Waals surface area contributed by atoms with Crippen LogP contribution in [-0.4, -0.2) is 112 Å². The number of unbranched alkanes of at least 4 members (excludes halogenated alkanes) is 6. The lowest BCUT2D eigenvalue weighted by Crippen LogP contribution is -2.52. The van der Waals surface area contributed by atoms with Crippen LogP contribution in [0.3, 0.4) is 0 Å². The molecule has 14 heteroatoms. The number of aromatic nitrogens is 3. The third-order valence-corrected chi connectivity index (χ3v) is 12.5. The van der Waals surface area contributed by atoms with Gasteiger partial charge in [-0.2, -0.15) is 9.61 Å². The number of hydrogen-bond donors (Lipinski definition) is 3. The highest BCUT2D eigenvalue weighted by atomic mass is 16.5. The maximum atomic E-state index is 13.1. The number of aliphatic hydroxyl groups excluding tert-OH is 1. The lowest BCUT2D eigenvalue weighted by atomic mass is 9.99. The molecule has 14 nitrogen and oxygen atoms in total. The fraction of sp³-hybridized carbons (Fsp3) is 0.429. The highest BCUT2D eigenvalue weighted by molar-refractivity contribution is 6.05. The van der Waals surface area contributed by atoms with Crippen molar-refractivity contribution in [1.29, 1.82) is 0 Å². The summed E-state index contributed by atoms with van der Waals surface area (Å²) in [5, 5.41) is 19.8. The number of aryl methyl sites for hydroxylation is 2. The predicted molar refractivity (Wildman–Crippen MR) is 241 cm³/mol. The third kappa shape index (κ3) is 10.2. The van der Waals surface area contributed by atoms with E-state index in [9.17, 15) is 24.3 Å². The molecule has 3 aliphatic heterocycles. The van der Waals surface area contributed by atoms with Crippen LogP contribution >= 0.6 is 0 Å². The van der Waals surface area contributed by atoms with Gasteiger partial charge in [0.25, 0.3) is 11.8 Å². The van der Waals surface area contributed by atoms with Gasteiger partial charge >= 0.3 is 0 Å². The predicted octanol–water partition coefficient (Wildman–Crippen LogP) is 5.72. The number of nitrogens with zero attached hydrogens (tertiary/aromatic N) is 6. The van der Waals surface area contributed by atoms with Crippen LogP contribution in [0, 0.1) is 6.92 Å². The Bertz CT molecular complexity index is 2430. The van der Waals surface area contributed by atoms with Crippen molar-refractivity contribution in [2.75, 3.05) is 57.4 Å². The molecule has 2 fully saturated rings. The van der Waals surface area contributed by atoms with Gasteiger partial charge in [-0.25, -0.2) is 4.98 Å². The van der Waals surface area contributed by atoms with E-state index in [-0.39, 0.29) is 50.3 Å². The lowest BCUT2D eigenvalue weighted by Gasteiger charge is -2.35. The fourth-order valence-corrected chi connectivity index (χ4v) is 9.10. The summed E-state index contributed by atoms with van der Waals surface area (Å²) in [6.07, 6.45) is 9.11. The zero-order valence-electron chi connectivity index (χ0n) is 36.2. The summed E-state index contributed by atoms with van der Waals surface area (Å²) in [4.78, 5) is 61.1. The summed E-state index contributed by atoms with van der Waals surface area (Å²) in [7, 11) is 0. The summed E-state index contributed by atoms with van der Waals surface area (Å²) in [6, 6.07) is 25.8.